The minimum Gasteiger partial charge on any atom is -0.489 e. The highest BCUT2D eigenvalue weighted by Crippen LogP contribution is 2.42. The Morgan fingerprint density at radius 3 is 2.34 bits per heavy atom. The van der Waals surface area contributed by atoms with Gasteiger partial charge in [-0.1, -0.05) is 61.7 Å². The quantitative estimate of drug-likeness (QED) is 0.444. The maximum absolute atomic E-state index is 12.1. The molecule has 2 aromatic rings. The van der Waals surface area contributed by atoms with Gasteiger partial charge < -0.3 is 4.74 Å². The van der Waals surface area contributed by atoms with E-state index in [2.05, 4.69) is 61.5 Å². The molecule has 2 aliphatic rings. The van der Waals surface area contributed by atoms with Gasteiger partial charge in [-0.2, -0.15) is 0 Å². The van der Waals surface area contributed by atoms with E-state index < -0.39 is 0 Å². The number of nitrogens with zero attached hydrogens (tertiary/aromatic N) is 1. The van der Waals surface area contributed by atoms with Crippen molar-refractivity contribution in [3.8, 4) is 5.75 Å². The van der Waals surface area contributed by atoms with Crippen LogP contribution < -0.4 is 4.74 Å². The number of benzene rings is 2. The Labute approximate surface area is 194 Å². The maximum Gasteiger partial charge on any atom is 0.133 e. The molecular formula is C29H39NO2. The van der Waals surface area contributed by atoms with Gasteiger partial charge in [0, 0.05) is 24.9 Å². The molecule has 2 aliphatic carbocycles. The third-order valence-electron chi connectivity index (χ3n) is 7.24. The fraction of sp³-hybridized carbons (Fsp3) is 0.483. The van der Waals surface area contributed by atoms with Gasteiger partial charge in [-0.25, -0.2) is 0 Å². The molecule has 0 spiro atoms. The molecule has 3 nitrogen and oxygen atoms in total. The molecule has 2 fully saturated rings. The van der Waals surface area contributed by atoms with E-state index in [9.17, 15) is 4.79 Å². The molecule has 32 heavy (non-hydrogen) atoms. The lowest BCUT2D eigenvalue weighted by Crippen LogP contribution is -2.48. The molecule has 3 heteroatoms. The van der Waals surface area contributed by atoms with Crippen LogP contribution in [-0.2, 0) is 16.9 Å². The highest BCUT2D eigenvalue weighted by Gasteiger charge is 2.40. The number of ether oxygens (including phenoxy) is 1. The molecule has 0 aliphatic heterocycles. The molecule has 0 amide bonds. The zero-order valence-corrected chi connectivity index (χ0v) is 19.7. The Bertz CT molecular complexity index is 831. The van der Waals surface area contributed by atoms with Gasteiger partial charge in [-0.3, -0.25) is 9.69 Å². The summed E-state index contributed by atoms with van der Waals surface area (Å²) >= 11 is 0. The lowest BCUT2D eigenvalue weighted by atomic mass is 9.74. The largest absolute Gasteiger partial charge is 0.489 e. The second-order valence-electron chi connectivity index (χ2n) is 9.26. The van der Waals surface area contributed by atoms with Gasteiger partial charge in [-0.15, -0.1) is 13.2 Å². The highest BCUT2D eigenvalue weighted by molar-refractivity contribution is 5.79. The van der Waals surface area contributed by atoms with Crippen LogP contribution in [0, 0.1) is 5.92 Å². The summed E-state index contributed by atoms with van der Waals surface area (Å²) in [6.07, 6.45) is 10.0. The molecule has 2 aromatic carbocycles. The number of rotatable bonds is 7. The smallest absolute Gasteiger partial charge is 0.133 e. The number of carbonyl (C=O) groups excluding carboxylic acids is 1. The molecular weight excluding hydrogens is 394 g/mol. The Morgan fingerprint density at radius 2 is 1.66 bits per heavy atom. The number of Topliss-reactive ketones (excluding diaryl/α,β-unsaturated/α-hetero) is 1. The number of hydrogen-bond acceptors (Lipinski definition) is 3. The summed E-state index contributed by atoms with van der Waals surface area (Å²) in [4.78, 5) is 14.7. The zero-order chi connectivity index (χ0) is 22.8. The lowest BCUT2D eigenvalue weighted by Gasteiger charge is -2.46. The molecule has 0 radical (unpaired) electrons. The van der Waals surface area contributed by atoms with Gasteiger partial charge in [0.25, 0.3) is 0 Å². The van der Waals surface area contributed by atoms with Crippen molar-refractivity contribution in [3.05, 3.63) is 78.9 Å². The molecule has 2 saturated carbocycles. The van der Waals surface area contributed by atoms with E-state index in [4.69, 9.17) is 4.74 Å². The normalized spacial score (nSPS) is 18.6. The summed E-state index contributed by atoms with van der Waals surface area (Å²) in [5.41, 5.74) is 2.42. The molecule has 0 heterocycles. The summed E-state index contributed by atoms with van der Waals surface area (Å²) in [6.45, 7) is 7.71. The van der Waals surface area contributed by atoms with E-state index in [0.717, 1.165) is 31.1 Å². The fourth-order valence-corrected chi connectivity index (χ4v) is 5.38. The molecule has 0 saturated heterocycles. The van der Waals surface area contributed by atoms with Crippen LogP contribution in [0.4, 0.5) is 0 Å². The van der Waals surface area contributed by atoms with Crippen LogP contribution in [0.1, 0.15) is 68.9 Å². The van der Waals surface area contributed by atoms with Gasteiger partial charge in [0.15, 0.2) is 0 Å². The SMILES string of the molecule is C=C.CN(CC1CCCCC1)C1(c2cccc(OCc3ccccc3)c2)CCC(=O)CC1. The first-order valence-corrected chi connectivity index (χ1v) is 12.2. The van der Waals surface area contributed by atoms with E-state index in [1.165, 1.54) is 43.2 Å². The molecule has 0 unspecified atom stereocenters. The Morgan fingerprint density at radius 1 is 0.969 bits per heavy atom. The van der Waals surface area contributed by atoms with Gasteiger partial charge >= 0.3 is 0 Å². The Balaban J connectivity index is 0.00000141. The summed E-state index contributed by atoms with van der Waals surface area (Å²) in [7, 11) is 2.28. The molecule has 172 valence electrons. The van der Waals surface area contributed by atoms with Crippen LogP contribution in [0.5, 0.6) is 5.75 Å². The fourth-order valence-electron chi connectivity index (χ4n) is 5.38. The van der Waals surface area contributed by atoms with Crippen molar-refractivity contribution >= 4 is 5.78 Å². The number of carbonyl (C=O) groups is 1. The van der Waals surface area contributed by atoms with Crippen molar-refractivity contribution in [1.82, 2.24) is 4.90 Å². The summed E-state index contributed by atoms with van der Waals surface area (Å²) < 4.78 is 6.13. The molecule has 0 atom stereocenters. The van der Waals surface area contributed by atoms with Crippen molar-refractivity contribution in [2.75, 3.05) is 13.6 Å². The van der Waals surface area contributed by atoms with Gasteiger partial charge in [0.2, 0.25) is 0 Å². The lowest BCUT2D eigenvalue weighted by molar-refractivity contribution is -0.123. The van der Waals surface area contributed by atoms with E-state index in [-0.39, 0.29) is 5.54 Å². The predicted molar refractivity (Wildman–Crippen MR) is 133 cm³/mol. The van der Waals surface area contributed by atoms with Crippen LogP contribution in [0.2, 0.25) is 0 Å². The van der Waals surface area contributed by atoms with Crippen molar-refractivity contribution in [3.63, 3.8) is 0 Å². The topological polar surface area (TPSA) is 29.5 Å². The monoisotopic (exact) mass is 433 g/mol. The standard InChI is InChI=1S/C27H35NO2.C2H4/c1-28(20-22-9-4-2-5-10-22)27(17-15-25(29)16-18-27)24-13-8-14-26(19-24)30-21-23-11-6-3-7-12-23;1-2/h3,6-8,11-14,19,22H,2,4-5,9-10,15-18,20-21H2,1H3;1-2H2. The van der Waals surface area contributed by atoms with Crippen LogP contribution in [0.3, 0.4) is 0 Å². The van der Waals surface area contributed by atoms with Gasteiger partial charge in [0.1, 0.15) is 18.1 Å². The zero-order valence-electron chi connectivity index (χ0n) is 19.7. The third kappa shape index (κ3) is 6.10. The van der Waals surface area contributed by atoms with Crippen LogP contribution >= 0.6 is 0 Å². The summed E-state index contributed by atoms with van der Waals surface area (Å²) in [6, 6.07) is 18.9. The first kappa shape index (κ1) is 24.3. The second kappa shape index (κ2) is 12.0. The molecule has 0 bridgehead atoms. The molecule has 4 rings (SSSR count). The second-order valence-corrected chi connectivity index (χ2v) is 9.26. The van der Waals surface area contributed by atoms with Crippen LogP contribution in [0.25, 0.3) is 0 Å². The van der Waals surface area contributed by atoms with E-state index in [1.807, 2.05) is 18.2 Å². The number of ketones is 1. The van der Waals surface area contributed by atoms with Gasteiger partial charge in [-0.05, 0) is 61.9 Å². The Kier molecular flexibility index (Phi) is 9.11. The molecule has 0 aromatic heterocycles. The van der Waals surface area contributed by atoms with E-state index in [1.54, 1.807) is 0 Å². The average molecular weight is 434 g/mol. The molecule has 0 N–H and O–H groups in total. The highest BCUT2D eigenvalue weighted by atomic mass is 16.5. The maximum atomic E-state index is 12.1. The predicted octanol–water partition coefficient (Wildman–Crippen LogP) is 6.92. The first-order valence-electron chi connectivity index (χ1n) is 12.2. The van der Waals surface area contributed by atoms with Crippen molar-refractivity contribution in [2.24, 2.45) is 5.92 Å². The number of hydrogen-bond donors (Lipinski definition) is 0. The summed E-state index contributed by atoms with van der Waals surface area (Å²) in [5.74, 6) is 2.11. The minimum absolute atomic E-state index is 0.0581. The van der Waals surface area contributed by atoms with E-state index >= 15 is 0 Å². The third-order valence-corrected chi connectivity index (χ3v) is 7.24. The van der Waals surface area contributed by atoms with Crippen LogP contribution in [-0.4, -0.2) is 24.3 Å². The van der Waals surface area contributed by atoms with Crippen LogP contribution in [0.15, 0.2) is 67.8 Å². The average Bonchev–Trinajstić information content (AvgIpc) is 2.86. The van der Waals surface area contributed by atoms with Crippen molar-refractivity contribution in [1.29, 1.82) is 0 Å². The Hall–Kier alpha value is -2.39. The summed E-state index contributed by atoms with van der Waals surface area (Å²) in [5, 5.41) is 0. The van der Waals surface area contributed by atoms with E-state index in [0.29, 0.717) is 25.2 Å². The minimum atomic E-state index is -0.0581. The first-order chi connectivity index (χ1) is 15.7. The van der Waals surface area contributed by atoms with Gasteiger partial charge in [0.05, 0.1) is 0 Å². The van der Waals surface area contributed by atoms with Crippen molar-refractivity contribution < 1.29 is 9.53 Å². The van der Waals surface area contributed by atoms with Crippen molar-refractivity contribution in [2.45, 2.75) is 69.9 Å².